The third-order valence-corrected chi connectivity index (χ3v) is 6.72. The topological polar surface area (TPSA) is 26.9 Å². The van der Waals surface area contributed by atoms with Crippen LogP contribution in [0.1, 0.15) is 0 Å². The lowest BCUT2D eigenvalue weighted by molar-refractivity contribution is 1.06. The Labute approximate surface area is 195 Å². The number of aromatic nitrogens is 2. The molecule has 0 spiro atoms. The molecule has 34 heavy (non-hydrogen) atoms. The quantitative estimate of drug-likeness (QED) is 0.262. The van der Waals surface area contributed by atoms with Gasteiger partial charge in [0.25, 0.3) is 5.56 Å². The molecule has 5 aromatic carbocycles. The van der Waals surface area contributed by atoms with Crippen molar-refractivity contribution in [1.82, 2.24) is 9.13 Å². The molecule has 3 nitrogen and oxygen atoms in total. The lowest BCUT2D eigenvalue weighted by Crippen LogP contribution is -2.19. The molecule has 0 amide bonds. The first-order valence-corrected chi connectivity index (χ1v) is 11.4. The molecule has 0 radical (unpaired) electrons. The van der Waals surface area contributed by atoms with Crippen LogP contribution in [-0.2, 0) is 0 Å². The summed E-state index contributed by atoms with van der Waals surface area (Å²) in [6.07, 6.45) is 0. The minimum absolute atomic E-state index is 0.00136. The molecular weight excluding hydrogens is 416 g/mol. The number of hydrogen-bond donors (Lipinski definition) is 0. The van der Waals surface area contributed by atoms with E-state index in [-0.39, 0.29) is 5.56 Å². The van der Waals surface area contributed by atoms with E-state index in [9.17, 15) is 4.79 Å². The van der Waals surface area contributed by atoms with Gasteiger partial charge in [-0.2, -0.15) is 0 Å². The maximum Gasteiger partial charge on any atom is 0.264 e. The molecule has 7 rings (SSSR count). The normalized spacial score (nSPS) is 11.6. The molecule has 0 bridgehead atoms. The highest BCUT2D eigenvalue weighted by molar-refractivity contribution is 6.24. The van der Waals surface area contributed by atoms with Gasteiger partial charge in [-0.05, 0) is 47.9 Å². The van der Waals surface area contributed by atoms with Crippen molar-refractivity contribution in [3.8, 4) is 11.4 Å². The van der Waals surface area contributed by atoms with Crippen LogP contribution in [0.5, 0.6) is 0 Å². The fourth-order valence-corrected chi connectivity index (χ4v) is 5.31. The summed E-state index contributed by atoms with van der Waals surface area (Å²) >= 11 is 0. The molecule has 0 fully saturated rings. The second kappa shape index (κ2) is 7.19. The van der Waals surface area contributed by atoms with Crippen molar-refractivity contribution in [1.29, 1.82) is 0 Å². The molecule has 7 aromatic rings. The maximum absolute atomic E-state index is 14.3. The van der Waals surface area contributed by atoms with Crippen molar-refractivity contribution in [3.63, 3.8) is 0 Å². The van der Waals surface area contributed by atoms with Crippen molar-refractivity contribution >= 4 is 43.5 Å². The predicted molar refractivity (Wildman–Crippen MR) is 141 cm³/mol. The van der Waals surface area contributed by atoms with Gasteiger partial charge in [0.1, 0.15) is 0 Å². The summed E-state index contributed by atoms with van der Waals surface area (Å²) in [4.78, 5) is 14.3. The van der Waals surface area contributed by atoms with E-state index in [1.165, 1.54) is 0 Å². The molecular formula is C31H20N2O. The van der Waals surface area contributed by atoms with Crippen molar-refractivity contribution in [2.45, 2.75) is 0 Å². The molecule has 160 valence electrons. The second-order valence-corrected chi connectivity index (χ2v) is 8.56. The van der Waals surface area contributed by atoms with E-state index in [1.807, 2.05) is 77.4 Å². The van der Waals surface area contributed by atoms with E-state index in [0.29, 0.717) is 0 Å². The van der Waals surface area contributed by atoms with Gasteiger partial charge in [0.05, 0.1) is 21.9 Å². The van der Waals surface area contributed by atoms with Gasteiger partial charge in [-0.3, -0.25) is 9.36 Å². The average molecular weight is 437 g/mol. The third kappa shape index (κ3) is 2.55. The van der Waals surface area contributed by atoms with Crippen LogP contribution in [-0.4, -0.2) is 9.13 Å². The molecule has 0 unspecified atom stereocenters. The Balaban J connectivity index is 1.77. The summed E-state index contributed by atoms with van der Waals surface area (Å²) in [6.45, 7) is 0. The Bertz CT molecular complexity index is 1910. The lowest BCUT2D eigenvalue weighted by Gasteiger charge is -2.14. The van der Waals surface area contributed by atoms with E-state index in [1.54, 1.807) is 0 Å². The standard InChI is InChI=1S/C31H20N2O/c34-31-30-24(23-15-7-9-17-26(23)33(31)22-13-5-2-6-14-22)19-20-28-29(30)25-16-8-10-18-27(25)32(28)21-11-3-1-4-12-21/h1-20H. The van der Waals surface area contributed by atoms with Crippen LogP contribution in [0.2, 0.25) is 0 Å². The second-order valence-electron chi connectivity index (χ2n) is 8.56. The van der Waals surface area contributed by atoms with Gasteiger partial charge in [0, 0.05) is 27.5 Å². The zero-order valence-corrected chi connectivity index (χ0v) is 18.3. The molecule has 0 aliphatic rings. The van der Waals surface area contributed by atoms with Crippen LogP contribution in [0.25, 0.3) is 54.9 Å². The van der Waals surface area contributed by atoms with Crippen molar-refractivity contribution in [2.75, 3.05) is 0 Å². The number of hydrogen-bond acceptors (Lipinski definition) is 1. The Morgan fingerprint density at radius 3 is 1.59 bits per heavy atom. The average Bonchev–Trinajstić information content (AvgIpc) is 3.24. The minimum Gasteiger partial charge on any atom is -0.309 e. The smallest absolute Gasteiger partial charge is 0.264 e. The van der Waals surface area contributed by atoms with E-state index in [2.05, 4.69) is 53.1 Å². The molecule has 2 aromatic heterocycles. The summed E-state index contributed by atoms with van der Waals surface area (Å²) in [5.41, 5.74) is 4.99. The summed E-state index contributed by atoms with van der Waals surface area (Å²) < 4.78 is 4.11. The summed E-state index contributed by atoms with van der Waals surface area (Å²) in [5, 5.41) is 4.89. The monoisotopic (exact) mass is 436 g/mol. The van der Waals surface area contributed by atoms with Crippen molar-refractivity contribution in [3.05, 3.63) is 132 Å². The zero-order chi connectivity index (χ0) is 22.6. The van der Waals surface area contributed by atoms with Crippen molar-refractivity contribution in [2.24, 2.45) is 0 Å². The Kier molecular flexibility index (Phi) is 4.00. The Morgan fingerprint density at radius 1 is 0.382 bits per heavy atom. The summed E-state index contributed by atoms with van der Waals surface area (Å²) in [6, 6.07) is 41.0. The van der Waals surface area contributed by atoms with E-state index in [0.717, 1.165) is 54.9 Å². The van der Waals surface area contributed by atoms with Crippen LogP contribution in [0.4, 0.5) is 0 Å². The number of pyridine rings is 1. The highest BCUT2D eigenvalue weighted by atomic mass is 16.1. The lowest BCUT2D eigenvalue weighted by atomic mass is 10.0. The first kappa shape index (κ1) is 18.9. The molecule has 2 heterocycles. The largest absolute Gasteiger partial charge is 0.309 e. The first-order chi connectivity index (χ1) is 16.8. The van der Waals surface area contributed by atoms with Crippen LogP contribution >= 0.6 is 0 Å². The first-order valence-electron chi connectivity index (χ1n) is 11.4. The Hall–Kier alpha value is -4.63. The van der Waals surface area contributed by atoms with E-state index in [4.69, 9.17) is 0 Å². The third-order valence-electron chi connectivity index (χ3n) is 6.72. The highest BCUT2D eigenvalue weighted by Crippen LogP contribution is 2.37. The molecule has 0 saturated heterocycles. The van der Waals surface area contributed by atoms with Crippen molar-refractivity contribution < 1.29 is 0 Å². The molecule has 0 atom stereocenters. The van der Waals surface area contributed by atoms with E-state index < -0.39 is 0 Å². The highest BCUT2D eigenvalue weighted by Gasteiger charge is 2.19. The number of rotatable bonds is 2. The molecule has 0 saturated carbocycles. The summed E-state index contributed by atoms with van der Waals surface area (Å²) in [7, 11) is 0. The number of nitrogens with zero attached hydrogens (tertiary/aromatic N) is 2. The van der Waals surface area contributed by atoms with Gasteiger partial charge < -0.3 is 4.57 Å². The van der Waals surface area contributed by atoms with Gasteiger partial charge in [0.2, 0.25) is 0 Å². The van der Waals surface area contributed by atoms with E-state index >= 15 is 0 Å². The number of para-hydroxylation sites is 4. The molecule has 0 N–H and O–H groups in total. The SMILES string of the molecule is O=c1c2c(ccc3c2c2ccccc2n3-c2ccccc2)c2ccccc2n1-c1ccccc1. The predicted octanol–water partition coefficient (Wildman–Crippen LogP) is 7.24. The van der Waals surface area contributed by atoms with Gasteiger partial charge in [-0.25, -0.2) is 0 Å². The van der Waals surface area contributed by atoms with Gasteiger partial charge in [-0.1, -0.05) is 78.9 Å². The van der Waals surface area contributed by atoms with Crippen LogP contribution in [0.15, 0.2) is 126 Å². The fourth-order valence-electron chi connectivity index (χ4n) is 5.31. The fraction of sp³-hybridized carbons (Fsp3) is 0. The van der Waals surface area contributed by atoms with Crippen LogP contribution in [0.3, 0.4) is 0 Å². The van der Waals surface area contributed by atoms with Gasteiger partial charge >= 0.3 is 0 Å². The molecule has 0 aliphatic carbocycles. The van der Waals surface area contributed by atoms with Crippen LogP contribution in [0, 0.1) is 0 Å². The maximum atomic E-state index is 14.3. The zero-order valence-electron chi connectivity index (χ0n) is 18.3. The Morgan fingerprint density at radius 2 is 0.912 bits per heavy atom. The minimum atomic E-state index is 0.00136. The van der Waals surface area contributed by atoms with Gasteiger partial charge in [0.15, 0.2) is 0 Å². The molecule has 3 heteroatoms. The van der Waals surface area contributed by atoms with Crippen LogP contribution < -0.4 is 5.56 Å². The van der Waals surface area contributed by atoms with Gasteiger partial charge in [-0.15, -0.1) is 0 Å². The summed E-state index contributed by atoms with van der Waals surface area (Å²) in [5.74, 6) is 0. The molecule has 0 aliphatic heterocycles. The number of benzene rings is 5. The number of fused-ring (bicyclic) bond motifs is 7.